The summed E-state index contributed by atoms with van der Waals surface area (Å²) in [4.78, 5) is 9.06. The molecule has 6 heteroatoms. The number of benzene rings is 5. The molecule has 198 valence electrons. The van der Waals surface area contributed by atoms with Crippen LogP contribution in [0.5, 0.6) is 0 Å². The smallest absolute Gasteiger partial charge is 0.204 e. The number of nitriles is 1. The molecule has 0 atom stereocenters. The fourth-order valence-corrected chi connectivity index (χ4v) is 7.71. The molecule has 0 aliphatic rings. The van der Waals surface area contributed by atoms with E-state index in [0.29, 0.717) is 11.3 Å². The summed E-state index contributed by atoms with van der Waals surface area (Å²) in [5, 5.41) is 16.3. The van der Waals surface area contributed by atoms with E-state index >= 15 is 0 Å². The van der Waals surface area contributed by atoms with Gasteiger partial charge in [0.05, 0.1) is 40.3 Å². The average molecular weight is 566 g/mol. The Morgan fingerprint density at radius 2 is 1.23 bits per heavy atom. The summed E-state index contributed by atoms with van der Waals surface area (Å²) in [5.74, 6) is 1.63. The van der Waals surface area contributed by atoms with Crippen molar-refractivity contribution in [3.63, 3.8) is 0 Å². The van der Waals surface area contributed by atoms with Gasteiger partial charge < -0.3 is 0 Å². The van der Waals surface area contributed by atoms with Gasteiger partial charge in [-0.15, -0.1) is 11.3 Å². The molecule has 5 aromatic carbocycles. The van der Waals surface area contributed by atoms with Crippen molar-refractivity contribution in [2.24, 2.45) is 0 Å². The van der Waals surface area contributed by atoms with Gasteiger partial charge in [0.1, 0.15) is 11.6 Å². The number of fused-ring (bicyclic) bond motifs is 9. The maximum absolute atomic E-state index is 9.56. The van der Waals surface area contributed by atoms with Crippen molar-refractivity contribution < 1.29 is 0 Å². The van der Waals surface area contributed by atoms with Crippen molar-refractivity contribution in [3.05, 3.63) is 132 Å². The lowest BCUT2D eigenvalue weighted by Crippen LogP contribution is -2.03. The van der Waals surface area contributed by atoms with Gasteiger partial charge in [-0.05, 0) is 60.0 Å². The zero-order chi connectivity index (χ0) is 28.7. The fourth-order valence-electron chi connectivity index (χ4n) is 6.53. The van der Waals surface area contributed by atoms with Crippen LogP contribution in [0, 0.1) is 17.9 Å². The second-order valence-corrected chi connectivity index (χ2v) is 11.7. The molecule has 9 aromatic rings. The number of para-hydroxylation sites is 2. The SMILES string of the molecule is [C-]#[N+]c1cccc2c1sc1cc3c4ccccc4n(-c4cccc(-n5c6ccccc6c6cc(C#N)ccc65)n4)c3cc12. The van der Waals surface area contributed by atoms with Gasteiger partial charge in [0.2, 0.25) is 5.69 Å². The van der Waals surface area contributed by atoms with E-state index in [-0.39, 0.29) is 0 Å². The Balaban J connectivity index is 1.35. The first-order valence-electron chi connectivity index (χ1n) is 13.9. The molecular formula is C37H19N5S. The molecule has 0 N–H and O–H groups in total. The van der Waals surface area contributed by atoms with E-state index in [2.05, 4.69) is 86.8 Å². The molecule has 4 heterocycles. The second kappa shape index (κ2) is 8.77. The van der Waals surface area contributed by atoms with E-state index in [9.17, 15) is 5.26 Å². The molecule has 0 saturated heterocycles. The van der Waals surface area contributed by atoms with Crippen LogP contribution in [0.15, 0.2) is 115 Å². The molecule has 9 rings (SSSR count). The Morgan fingerprint density at radius 1 is 0.605 bits per heavy atom. The first-order chi connectivity index (χ1) is 21.2. The Bertz CT molecular complexity index is 2710. The van der Waals surface area contributed by atoms with E-state index in [1.165, 1.54) is 4.70 Å². The van der Waals surface area contributed by atoms with Gasteiger partial charge in [-0.2, -0.15) is 5.26 Å². The molecule has 0 saturated carbocycles. The summed E-state index contributed by atoms with van der Waals surface area (Å²) in [5.41, 5.74) is 5.55. The highest BCUT2D eigenvalue weighted by molar-refractivity contribution is 7.26. The van der Waals surface area contributed by atoms with Crippen LogP contribution in [0.25, 0.3) is 80.3 Å². The minimum Gasteiger partial charge on any atom is -0.294 e. The molecule has 0 fully saturated rings. The number of pyridine rings is 1. The molecule has 0 unspecified atom stereocenters. The quantitative estimate of drug-likeness (QED) is 0.196. The largest absolute Gasteiger partial charge is 0.294 e. The van der Waals surface area contributed by atoms with E-state index in [1.54, 1.807) is 11.3 Å². The molecule has 0 aliphatic carbocycles. The fraction of sp³-hybridized carbons (Fsp3) is 0. The number of nitrogens with zero attached hydrogens (tertiary/aromatic N) is 5. The summed E-state index contributed by atoms with van der Waals surface area (Å²) >= 11 is 1.68. The monoisotopic (exact) mass is 565 g/mol. The first-order valence-corrected chi connectivity index (χ1v) is 14.7. The number of rotatable bonds is 2. The van der Waals surface area contributed by atoms with Crippen LogP contribution < -0.4 is 0 Å². The van der Waals surface area contributed by atoms with Crippen LogP contribution in [0.3, 0.4) is 0 Å². The Hall–Kier alpha value is -5.95. The van der Waals surface area contributed by atoms with Crippen molar-refractivity contribution >= 4 is 80.8 Å². The summed E-state index contributed by atoms with van der Waals surface area (Å²) in [6.45, 7) is 7.67. The molecule has 5 nitrogen and oxygen atoms in total. The molecule has 43 heavy (non-hydrogen) atoms. The summed E-state index contributed by atoms with van der Waals surface area (Å²) in [6.07, 6.45) is 0. The van der Waals surface area contributed by atoms with Crippen molar-refractivity contribution in [1.82, 2.24) is 14.1 Å². The predicted octanol–water partition coefficient (Wildman–Crippen LogP) is 10.1. The van der Waals surface area contributed by atoms with Crippen LogP contribution in [0.1, 0.15) is 5.56 Å². The zero-order valence-corrected chi connectivity index (χ0v) is 23.4. The predicted molar refractivity (Wildman–Crippen MR) is 177 cm³/mol. The highest BCUT2D eigenvalue weighted by atomic mass is 32.1. The molecule has 0 radical (unpaired) electrons. The average Bonchev–Trinajstić information content (AvgIpc) is 3.70. The zero-order valence-electron chi connectivity index (χ0n) is 22.6. The Kier molecular flexibility index (Phi) is 4.84. The molecular weight excluding hydrogens is 547 g/mol. The molecule has 0 aliphatic heterocycles. The Morgan fingerprint density at radius 3 is 1.95 bits per heavy atom. The third-order valence-corrected chi connectivity index (χ3v) is 9.56. The van der Waals surface area contributed by atoms with E-state index < -0.39 is 0 Å². The molecule has 4 aromatic heterocycles. The lowest BCUT2D eigenvalue weighted by Gasteiger charge is -2.11. The first kappa shape index (κ1) is 23.7. The topological polar surface area (TPSA) is 50.9 Å². The lowest BCUT2D eigenvalue weighted by atomic mass is 10.1. The van der Waals surface area contributed by atoms with Gasteiger partial charge in [-0.1, -0.05) is 60.7 Å². The van der Waals surface area contributed by atoms with Gasteiger partial charge >= 0.3 is 0 Å². The molecule has 0 bridgehead atoms. The highest BCUT2D eigenvalue weighted by Gasteiger charge is 2.18. The minimum absolute atomic E-state index is 0.637. The lowest BCUT2D eigenvalue weighted by molar-refractivity contribution is 1.01. The van der Waals surface area contributed by atoms with Gasteiger partial charge in [0.25, 0.3) is 0 Å². The van der Waals surface area contributed by atoms with E-state index in [4.69, 9.17) is 11.6 Å². The number of thiophene rings is 1. The van der Waals surface area contributed by atoms with Crippen LogP contribution >= 0.6 is 11.3 Å². The summed E-state index contributed by atoms with van der Waals surface area (Å²) in [7, 11) is 0. The third kappa shape index (κ3) is 3.27. The number of hydrogen-bond donors (Lipinski definition) is 0. The van der Waals surface area contributed by atoms with Crippen LogP contribution in [0.4, 0.5) is 5.69 Å². The molecule has 0 amide bonds. The third-order valence-electron chi connectivity index (χ3n) is 8.37. The normalized spacial score (nSPS) is 11.7. The van der Waals surface area contributed by atoms with Crippen molar-refractivity contribution in [2.45, 2.75) is 0 Å². The maximum Gasteiger partial charge on any atom is 0.204 e. The minimum atomic E-state index is 0.637. The van der Waals surface area contributed by atoms with E-state index in [0.717, 1.165) is 70.7 Å². The summed E-state index contributed by atoms with van der Waals surface area (Å²) in [6, 6.07) is 41.5. The van der Waals surface area contributed by atoms with Gasteiger partial charge in [-0.25, -0.2) is 9.83 Å². The highest BCUT2D eigenvalue weighted by Crippen LogP contribution is 2.43. The maximum atomic E-state index is 9.56. The molecule has 0 spiro atoms. The van der Waals surface area contributed by atoms with Gasteiger partial charge in [-0.3, -0.25) is 9.13 Å². The van der Waals surface area contributed by atoms with Gasteiger partial charge in [0.15, 0.2) is 0 Å². The van der Waals surface area contributed by atoms with Crippen LogP contribution in [-0.2, 0) is 0 Å². The standard InChI is InChI=1S/C37H19N5S/c1-39-29-11-6-10-25-28-19-33-27(20-34(28)43-37(25)29)24-9-3-5-13-31(24)42(33)36-15-7-14-35(40-36)41-30-12-4-2-8-23(30)26-18-22(21-38)16-17-32(26)41/h2-20H. The van der Waals surface area contributed by atoms with Crippen LogP contribution in [-0.4, -0.2) is 14.1 Å². The second-order valence-electron chi connectivity index (χ2n) is 10.6. The van der Waals surface area contributed by atoms with Crippen molar-refractivity contribution in [2.75, 3.05) is 0 Å². The number of hydrogen-bond acceptors (Lipinski definition) is 3. The number of aromatic nitrogens is 3. The van der Waals surface area contributed by atoms with Crippen molar-refractivity contribution in [3.8, 4) is 17.7 Å². The van der Waals surface area contributed by atoms with Crippen LogP contribution in [0.2, 0.25) is 0 Å². The van der Waals surface area contributed by atoms with Crippen molar-refractivity contribution in [1.29, 1.82) is 5.26 Å². The van der Waals surface area contributed by atoms with Gasteiger partial charge in [0, 0.05) is 36.3 Å². The Labute approximate surface area is 249 Å². The summed E-state index contributed by atoms with van der Waals surface area (Å²) < 4.78 is 6.63. The van der Waals surface area contributed by atoms with E-state index in [1.807, 2.05) is 48.5 Å².